The number of benzene rings is 3. The van der Waals surface area contributed by atoms with Crippen LogP contribution in [0.2, 0.25) is 0 Å². The molecule has 0 saturated heterocycles. The Morgan fingerprint density at radius 3 is 2.42 bits per heavy atom. The molecule has 1 aliphatic heterocycles. The van der Waals surface area contributed by atoms with Crippen LogP contribution in [0.15, 0.2) is 84.1 Å². The summed E-state index contributed by atoms with van der Waals surface area (Å²) in [6, 6.07) is 23.3. The van der Waals surface area contributed by atoms with E-state index in [1.807, 2.05) is 25.4 Å². The molecule has 0 saturated carbocycles. The second kappa shape index (κ2) is 8.51. The first-order chi connectivity index (χ1) is 16.0. The fourth-order valence-electron chi connectivity index (χ4n) is 4.08. The second-order valence-electron chi connectivity index (χ2n) is 8.73. The Balaban J connectivity index is 1.82. The zero-order valence-electron chi connectivity index (χ0n) is 19.4. The second-order valence-corrected chi connectivity index (χ2v) is 8.73. The standard InChI is InChI=1S/C28H27N5/c1-18(2)30-25-15-28-26(14-24(25)31-21-13-20(4)16-29-17-21)32-23-7-5-6-8-27(23)33(28)22-11-9-19(3)10-12-22/h5-18,31H,1-4H3/b30-25+. The maximum absolute atomic E-state index is 5.00. The minimum absolute atomic E-state index is 0.153. The average molecular weight is 434 g/mol. The van der Waals surface area contributed by atoms with E-state index in [1.54, 1.807) is 0 Å². The van der Waals surface area contributed by atoms with Crippen LogP contribution in [-0.4, -0.2) is 20.6 Å². The van der Waals surface area contributed by atoms with Crippen molar-refractivity contribution in [2.75, 3.05) is 5.32 Å². The van der Waals surface area contributed by atoms with Crippen molar-refractivity contribution in [1.29, 1.82) is 0 Å². The van der Waals surface area contributed by atoms with Crippen molar-refractivity contribution in [2.24, 2.45) is 4.99 Å². The fourth-order valence-corrected chi connectivity index (χ4v) is 4.08. The van der Waals surface area contributed by atoms with Crippen LogP contribution in [0.1, 0.15) is 25.0 Å². The predicted molar refractivity (Wildman–Crippen MR) is 135 cm³/mol. The van der Waals surface area contributed by atoms with Gasteiger partial charge in [-0.2, -0.15) is 0 Å². The van der Waals surface area contributed by atoms with E-state index in [0.717, 1.165) is 50.4 Å². The van der Waals surface area contributed by atoms with Crippen LogP contribution in [0.3, 0.4) is 0 Å². The average Bonchev–Trinajstić information content (AvgIpc) is 2.78. The Labute approximate surface area is 193 Å². The lowest BCUT2D eigenvalue weighted by Gasteiger charge is -2.20. The quantitative estimate of drug-likeness (QED) is 0.344. The number of rotatable bonds is 4. The molecule has 1 aliphatic carbocycles. The topological polar surface area (TPSA) is 55.1 Å². The molecule has 0 atom stereocenters. The molecular weight excluding hydrogens is 406 g/mol. The number of aromatic nitrogens is 3. The van der Waals surface area contributed by atoms with Crippen LogP contribution in [0.25, 0.3) is 28.1 Å². The Morgan fingerprint density at radius 2 is 1.67 bits per heavy atom. The molecule has 33 heavy (non-hydrogen) atoms. The first-order valence-electron chi connectivity index (χ1n) is 11.2. The van der Waals surface area contributed by atoms with Gasteiger partial charge in [0.05, 0.1) is 45.4 Å². The van der Waals surface area contributed by atoms with Crippen LogP contribution in [-0.2, 0) is 0 Å². The van der Waals surface area contributed by atoms with Crippen molar-refractivity contribution in [3.8, 4) is 17.1 Å². The minimum Gasteiger partial charge on any atom is -0.352 e. The third kappa shape index (κ3) is 4.22. The summed E-state index contributed by atoms with van der Waals surface area (Å²) in [5.74, 6) is 0. The highest BCUT2D eigenvalue weighted by Crippen LogP contribution is 2.30. The molecular formula is C28H27N5. The van der Waals surface area contributed by atoms with E-state index in [0.29, 0.717) is 0 Å². The van der Waals surface area contributed by atoms with Crippen molar-refractivity contribution in [3.63, 3.8) is 0 Å². The smallest absolute Gasteiger partial charge is 0.0900 e. The number of pyridine rings is 1. The summed E-state index contributed by atoms with van der Waals surface area (Å²) in [4.78, 5) is 14.3. The molecule has 0 amide bonds. The molecule has 164 valence electrons. The third-order valence-corrected chi connectivity index (χ3v) is 5.54. The largest absolute Gasteiger partial charge is 0.352 e. The zero-order chi connectivity index (χ0) is 22.9. The molecule has 0 spiro atoms. The Bertz CT molecular complexity index is 1480. The number of aryl methyl sites for hydroxylation is 2. The zero-order valence-corrected chi connectivity index (χ0v) is 19.4. The molecule has 5 heteroatoms. The van der Waals surface area contributed by atoms with E-state index in [2.05, 4.69) is 96.3 Å². The van der Waals surface area contributed by atoms with Gasteiger partial charge >= 0.3 is 0 Å². The van der Waals surface area contributed by atoms with Crippen LogP contribution < -0.4 is 10.7 Å². The molecule has 0 bridgehead atoms. The van der Waals surface area contributed by atoms with Gasteiger partial charge in [0.25, 0.3) is 0 Å². The molecule has 3 aromatic rings. The first kappa shape index (κ1) is 20.9. The number of nitrogens with one attached hydrogen (secondary N) is 1. The van der Waals surface area contributed by atoms with E-state index in [4.69, 9.17) is 9.98 Å². The molecule has 0 fully saturated rings. The number of anilines is 2. The summed E-state index contributed by atoms with van der Waals surface area (Å²) < 4.78 is 2.27. The van der Waals surface area contributed by atoms with Crippen molar-refractivity contribution < 1.29 is 0 Å². The highest BCUT2D eigenvalue weighted by molar-refractivity contribution is 5.84. The summed E-state index contributed by atoms with van der Waals surface area (Å²) in [7, 11) is 0. The van der Waals surface area contributed by atoms with Gasteiger partial charge < -0.3 is 9.88 Å². The lowest BCUT2D eigenvalue weighted by molar-refractivity contribution is 0.806. The van der Waals surface area contributed by atoms with Gasteiger partial charge in [0, 0.05) is 17.9 Å². The minimum atomic E-state index is 0.153. The molecule has 0 unspecified atom stereocenters. The maximum Gasteiger partial charge on any atom is 0.0900 e. The van der Waals surface area contributed by atoms with E-state index < -0.39 is 0 Å². The number of fused-ring (bicyclic) bond motifs is 2. The van der Waals surface area contributed by atoms with E-state index >= 15 is 0 Å². The van der Waals surface area contributed by atoms with Gasteiger partial charge in [0.1, 0.15) is 0 Å². The van der Waals surface area contributed by atoms with Crippen LogP contribution in [0.5, 0.6) is 0 Å². The molecule has 0 radical (unpaired) electrons. The van der Waals surface area contributed by atoms with Gasteiger partial charge in [-0.05, 0) is 75.7 Å². The Kier molecular flexibility index (Phi) is 5.38. The van der Waals surface area contributed by atoms with Crippen LogP contribution >= 0.6 is 0 Å². The van der Waals surface area contributed by atoms with Crippen molar-refractivity contribution in [1.82, 2.24) is 14.5 Å². The van der Waals surface area contributed by atoms with Gasteiger partial charge in [-0.25, -0.2) is 4.98 Å². The molecule has 5 nitrogen and oxygen atoms in total. The van der Waals surface area contributed by atoms with E-state index in [1.165, 1.54) is 5.56 Å². The van der Waals surface area contributed by atoms with Crippen LogP contribution in [0.4, 0.5) is 11.4 Å². The normalized spacial score (nSPS) is 12.1. The summed E-state index contributed by atoms with van der Waals surface area (Å²) in [5.41, 5.74) is 9.22. The highest BCUT2D eigenvalue weighted by atomic mass is 15.0. The Hall–Kier alpha value is -3.99. The van der Waals surface area contributed by atoms with E-state index in [9.17, 15) is 0 Å². The molecule has 2 heterocycles. The third-order valence-electron chi connectivity index (χ3n) is 5.54. The summed E-state index contributed by atoms with van der Waals surface area (Å²) in [6.45, 7) is 8.33. The van der Waals surface area contributed by atoms with Gasteiger partial charge in [-0.15, -0.1) is 0 Å². The molecule has 1 N–H and O–H groups in total. The fraction of sp³-hybridized carbons (Fsp3) is 0.179. The van der Waals surface area contributed by atoms with Gasteiger partial charge in [-0.3, -0.25) is 9.98 Å². The number of nitrogens with zero attached hydrogens (tertiary/aromatic N) is 4. The van der Waals surface area contributed by atoms with Crippen molar-refractivity contribution in [3.05, 3.63) is 95.6 Å². The Morgan fingerprint density at radius 1 is 0.879 bits per heavy atom. The molecule has 2 aliphatic rings. The number of hydrogen-bond donors (Lipinski definition) is 1. The summed E-state index contributed by atoms with van der Waals surface area (Å²) in [5, 5.41) is 4.42. The van der Waals surface area contributed by atoms with Crippen molar-refractivity contribution in [2.45, 2.75) is 33.7 Å². The van der Waals surface area contributed by atoms with Crippen LogP contribution in [0, 0.1) is 13.8 Å². The predicted octanol–water partition coefficient (Wildman–Crippen LogP) is 6.19. The summed E-state index contributed by atoms with van der Waals surface area (Å²) >= 11 is 0. The number of para-hydroxylation sites is 2. The van der Waals surface area contributed by atoms with Gasteiger partial charge in [-0.1, -0.05) is 29.8 Å². The van der Waals surface area contributed by atoms with Gasteiger partial charge in [0.2, 0.25) is 0 Å². The van der Waals surface area contributed by atoms with Crippen molar-refractivity contribution >= 4 is 22.4 Å². The molecule has 1 aromatic heterocycles. The number of hydrogen-bond acceptors (Lipinski definition) is 4. The van der Waals surface area contributed by atoms with E-state index in [-0.39, 0.29) is 6.04 Å². The molecule has 2 aromatic carbocycles. The summed E-state index contributed by atoms with van der Waals surface area (Å²) in [6.07, 6.45) is 3.68. The lowest BCUT2D eigenvalue weighted by Crippen LogP contribution is -2.16. The SMILES string of the molecule is Cc1ccc(-n2c3c/c(=N\C(C)C)c(Nc4cncc(C)c4)cc-3nc3ccccc32)cc1. The molecule has 5 rings (SSSR count). The highest BCUT2D eigenvalue weighted by Gasteiger charge is 2.16. The van der Waals surface area contributed by atoms with Gasteiger partial charge in [0.15, 0.2) is 0 Å². The lowest BCUT2D eigenvalue weighted by atomic mass is 10.1. The first-order valence-corrected chi connectivity index (χ1v) is 11.2. The maximum atomic E-state index is 5.00. The monoisotopic (exact) mass is 433 g/mol.